The zero-order chi connectivity index (χ0) is 14.7. The molecule has 4 N–H and O–H groups in total. The topological polar surface area (TPSA) is 99.1 Å². The van der Waals surface area contributed by atoms with Crippen LogP contribution in [0.4, 0.5) is 11.4 Å². The first kappa shape index (κ1) is 13.4. The summed E-state index contributed by atoms with van der Waals surface area (Å²) >= 11 is 0. The van der Waals surface area contributed by atoms with Crippen molar-refractivity contribution in [3.8, 4) is 11.8 Å². The maximum atomic E-state index is 12.1. The molecule has 2 aromatic rings. The quantitative estimate of drug-likeness (QED) is 0.727. The fraction of sp³-hybridized carbons (Fsp3) is 0.0667. The van der Waals surface area contributed by atoms with Gasteiger partial charge in [0.1, 0.15) is 5.75 Å². The molecule has 0 aromatic heterocycles. The van der Waals surface area contributed by atoms with E-state index in [0.717, 1.165) is 5.56 Å². The molecule has 20 heavy (non-hydrogen) atoms. The highest BCUT2D eigenvalue weighted by Gasteiger charge is 2.12. The van der Waals surface area contributed by atoms with E-state index in [1.165, 1.54) is 12.1 Å². The first-order valence-electron chi connectivity index (χ1n) is 5.92. The molecule has 0 unspecified atom stereocenters. The number of phenolic OH excluding ortho intramolecular Hbond substituents is 1. The Morgan fingerprint density at radius 1 is 1.30 bits per heavy atom. The highest BCUT2D eigenvalue weighted by atomic mass is 16.3. The van der Waals surface area contributed by atoms with Gasteiger partial charge in [-0.25, -0.2) is 0 Å². The zero-order valence-corrected chi connectivity index (χ0v) is 10.8. The summed E-state index contributed by atoms with van der Waals surface area (Å²) in [6.07, 6.45) is 0. The van der Waals surface area contributed by atoms with Crippen molar-refractivity contribution < 1.29 is 9.90 Å². The zero-order valence-electron chi connectivity index (χ0n) is 10.8. The van der Waals surface area contributed by atoms with E-state index in [1.54, 1.807) is 24.3 Å². The average Bonchev–Trinajstić information content (AvgIpc) is 2.40. The van der Waals surface area contributed by atoms with Gasteiger partial charge in [-0.2, -0.15) is 5.26 Å². The van der Waals surface area contributed by atoms with Gasteiger partial charge >= 0.3 is 0 Å². The van der Waals surface area contributed by atoms with E-state index in [1.807, 2.05) is 13.0 Å². The number of phenols is 1. The van der Waals surface area contributed by atoms with Gasteiger partial charge in [-0.05, 0) is 42.8 Å². The lowest BCUT2D eigenvalue weighted by Crippen LogP contribution is -2.13. The third-order valence-electron chi connectivity index (χ3n) is 2.83. The molecule has 0 fully saturated rings. The standard InChI is InChI=1S/C15H13N3O2/c1-9-2-4-11(14(19)6-9)15(20)18-13-5-3-10(8-16)7-12(13)17/h2-7,19H,17H2,1H3,(H,18,20). The number of nitrogens with zero attached hydrogens (tertiary/aromatic N) is 1. The van der Waals surface area contributed by atoms with E-state index >= 15 is 0 Å². The van der Waals surface area contributed by atoms with Crippen LogP contribution in [0.2, 0.25) is 0 Å². The van der Waals surface area contributed by atoms with E-state index in [-0.39, 0.29) is 11.3 Å². The van der Waals surface area contributed by atoms with Crippen molar-refractivity contribution in [3.63, 3.8) is 0 Å². The lowest BCUT2D eigenvalue weighted by molar-refractivity contribution is 0.102. The minimum absolute atomic E-state index is 0.0882. The first-order chi connectivity index (χ1) is 9.51. The number of hydrogen-bond acceptors (Lipinski definition) is 4. The van der Waals surface area contributed by atoms with Crippen molar-refractivity contribution in [2.75, 3.05) is 11.1 Å². The minimum atomic E-state index is -0.459. The van der Waals surface area contributed by atoms with E-state index in [9.17, 15) is 9.90 Å². The highest BCUT2D eigenvalue weighted by Crippen LogP contribution is 2.23. The molecule has 0 atom stereocenters. The van der Waals surface area contributed by atoms with Gasteiger partial charge in [-0.15, -0.1) is 0 Å². The Bertz CT molecular complexity index is 718. The van der Waals surface area contributed by atoms with Crippen LogP contribution in [0.1, 0.15) is 21.5 Å². The van der Waals surface area contributed by atoms with Gasteiger partial charge in [0.15, 0.2) is 0 Å². The summed E-state index contributed by atoms with van der Waals surface area (Å²) in [6.45, 7) is 1.82. The molecule has 2 rings (SSSR count). The summed E-state index contributed by atoms with van der Waals surface area (Å²) < 4.78 is 0. The molecule has 0 saturated heterocycles. The maximum absolute atomic E-state index is 12.1. The largest absolute Gasteiger partial charge is 0.507 e. The summed E-state index contributed by atoms with van der Waals surface area (Å²) in [5.74, 6) is -0.548. The van der Waals surface area contributed by atoms with Crippen LogP contribution >= 0.6 is 0 Å². The number of nitrogen functional groups attached to an aromatic ring is 1. The predicted molar refractivity (Wildman–Crippen MR) is 76.4 cm³/mol. The third kappa shape index (κ3) is 2.70. The second-order valence-corrected chi connectivity index (χ2v) is 4.39. The number of aromatic hydroxyl groups is 1. The molecular weight excluding hydrogens is 254 g/mol. The fourth-order valence-electron chi connectivity index (χ4n) is 1.77. The van der Waals surface area contributed by atoms with Crippen molar-refractivity contribution in [2.24, 2.45) is 0 Å². The van der Waals surface area contributed by atoms with Crippen LogP contribution in [0, 0.1) is 18.3 Å². The first-order valence-corrected chi connectivity index (χ1v) is 5.92. The van der Waals surface area contributed by atoms with Crippen LogP contribution in [0.3, 0.4) is 0 Å². The summed E-state index contributed by atoms with van der Waals surface area (Å²) in [5.41, 5.74) is 7.89. The number of hydrogen-bond donors (Lipinski definition) is 3. The number of anilines is 2. The molecule has 0 aliphatic rings. The van der Waals surface area contributed by atoms with Crippen molar-refractivity contribution >= 4 is 17.3 Å². The molecule has 100 valence electrons. The molecule has 1 amide bonds. The van der Waals surface area contributed by atoms with E-state index in [0.29, 0.717) is 16.9 Å². The molecule has 5 heteroatoms. The molecule has 0 saturated carbocycles. The number of carbonyl (C=O) groups is 1. The van der Waals surface area contributed by atoms with Gasteiger partial charge in [0.2, 0.25) is 0 Å². The predicted octanol–water partition coefficient (Wildman–Crippen LogP) is 2.41. The van der Waals surface area contributed by atoms with Gasteiger partial charge in [0, 0.05) is 0 Å². The van der Waals surface area contributed by atoms with Crippen LogP contribution < -0.4 is 11.1 Å². The lowest BCUT2D eigenvalue weighted by atomic mass is 10.1. The average molecular weight is 267 g/mol. The Hall–Kier alpha value is -3.00. The molecule has 0 spiro atoms. The summed E-state index contributed by atoms with van der Waals surface area (Å²) in [5, 5.41) is 21.1. The van der Waals surface area contributed by atoms with Crippen molar-refractivity contribution in [3.05, 3.63) is 53.1 Å². The molecule has 5 nitrogen and oxygen atoms in total. The molecule has 0 radical (unpaired) electrons. The summed E-state index contributed by atoms with van der Waals surface area (Å²) in [6, 6.07) is 11.3. The van der Waals surface area contributed by atoms with E-state index < -0.39 is 5.91 Å². The number of nitriles is 1. The number of nitrogens with one attached hydrogen (secondary N) is 1. The summed E-state index contributed by atoms with van der Waals surface area (Å²) in [7, 11) is 0. The monoisotopic (exact) mass is 267 g/mol. The SMILES string of the molecule is Cc1ccc(C(=O)Nc2ccc(C#N)cc2N)c(O)c1. The van der Waals surface area contributed by atoms with Crippen LogP contribution in [0.25, 0.3) is 0 Å². The molecule has 0 bridgehead atoms. The molecule has 0 aliphatic heterocycles. The Labute approximate surface area is 116 Å². The van der Waals surface area contributed by atoms with E-state index in [4.69, 9.17) is 11.0 Å². The van der Waals surface area contributed by atoms with Gasteiger partial charge in [0.25, 0.3) is 5.91 Å². The van der Waals surface area contributed by atoms with Gasteiger partial charge < -0.3 is 16.2 Å². The minimum Gasteiger partial charge on any atom is -0.507 e. The van der Waals surface area contributed by atoms with Crippen LogP contribution in [0.5, 0.6) is 5.75 Å². The molecular formula is C15H13N3O2. The van der Waals surface area contributed by atoms with Crippen LogP contribution in [-0.2, 0) is 0 Å². The van der Waals surface area contributed by atoms with Gasteiger partial charge in [-0.3, -0.25) is 4.79 Å². The smallest absolute Gasteiger partial charge is 0.259 e. The second kappa shape index (κ2) is 5.33. The van der Waals surface area contributed by atoms with Gasteiger partial charge in [0.05, 0.1) is 28.6 Å². The maximum Gasteiger partial charge on any atom is 0.259 e. The Morgan fingerprint density at radius 2 is 2.05 bits per heavy atom. The number of rotatable bonds is 2. The molecule has 0 heterocycles. The van der Waals surface area contributed by atoms with Crippen molar-refractivity contribution in [1.29, 1.82) is 5.26 Å². The lowest BCUT2D eigenvalue weighted by Gasteiger charge is -2.09. The Kier molecular flexibility index (Phi) is 3.58. The normalized spacial score (nSPS) is 9.80. The van der Waals surface area contributed by atoms with Crippen molar-refractivity contribution in [2.45, 2.75) is 6.92 Å². The van der Waals surface area contributed by atoms with Crippen LogP contribution in [0.15, 0.2) is 36.4 Å². The van der Waals surface area contributed by atoms with Gasteiger partial charge in [-0.1, -0.05) is 6.07 Å². The fourth-order valence-corrected chi connectivity index (χ4v) is 1.77. The number of benzene rings is 2. The van der Waals surface area contributed by atoms with E-state index in [2.05, 4.69) is 5.32 Å². The molecule has 0 aliphatic carbocycles. The summed E-state index contributed by atoms with van der Waals surface area (Å²) in [4.78, 5) is 12.1. The van der Waals surface area contributed by atoms with Crippen LogP contribution in [-0.4, -0.2) is 11.0 Å². The molecule has 2 aromatic carbocycles. The Morgan fingerprint density at radius 3 is 2.65 bits per heavy atom. The van der Waals surface area contributed by atoms with Crippen molar-refractivity contribution in [1.82, 2.24) is 0 Å². The Balaban J connectivity index is 2.26. The highest BCUT2D eigenvalue weighted by molar-refractivity contribution is 6.07. The second-order valence-electron chi connectivity index (χ2n) is 4.39. The number of nitrogens with two attached hydrogens (primary N) is 1. The number of carbonyl (C=O) groups excluding carboxylic acids is 1. The number of aryl methyl sites for hydroxylation is 1. The number of amides is 1. The third-order valence-corrected chi connectivity index (χ3v) is 2.83.